The summed E-state index contributed by atoms with van der Waals surface area (Å²) in [5.41, 5.74) is 1.13. The van der Waals surface area contributed by atoms with Gasteiger partial charge in [-0.2, -0.15) is 0 Å². The summed E-state index contributed by atoms with van der Waals surface area (Å²) in [6.07, 6.45) is 5.18. The number of piperidine rings is 1. The van der Waals surface area contributed by atoms with E-state index in [0.717, 1.165) is 25.3 Å². The maximum atomic E-state index is 12.6. The van der Waals surface area contributed by atoms with Gasteiger partial charge in [0.1, 0.15) is 0 Å². The van der Waals surface area contributed by atoms with Gasteiger partial charge < -0.3 is 10.2 Å². The Morgan fingerprint density at radius 3 is 2.52 bits per heavy atom. The number of halogens is 1. The van der Waals surface area contributed by atoms with Crippen LogP contribution in [0.5, 0.6) is 0 Å². The Labute approximate surface area is 154 Å². The van der Waals surface area contributed by atoms with Gasteiger partial charge in [0, 0.05) is 36.3 Å². The van der Waals surface area contributed by atoms with E-state index in [1.807, 2.05) is 11.8 Å². The molecule has 1 aliphatic heterocycles. The lowest BCUT2D eigenvalue weighted by Crippen LogP contribution is -2.45. The molecule has 25 heavy (non-hydrogen) atoms. The monoisotopic (exact) mass is 367 g/mol. The van der Waals surface area contributed by atoms with E-state index >= 15 is 0 Å². The van der Waals surface area contributed by atoms with E-state index in [2.05, 4.69) is 5.32 Å². The van der Waals surface area contributed by atoms with Crippen LogP contribution in [-0.4, -0.2) is 41.4 Å². The lowest BCUT2D eigenvalue weighted by molar-refractivity contribution is -0.385. The minimum absolute atomic E-state index is 0. The quantitative estimate of drug-likeness (QED) is 0.619. The highest BCUT2D eigenvalue weighted by Gasteiger charge is 2.27. The standard InChI is InChI=1S/C18H25N3O3.ClH/c1-2-14-5-6-15(11-17(14)21(23)24)18(22)20-9-7-16(8-10-20)19-12-13-3-4-13;/h5-6,11,13,16,19H,2-4,7-10,12H2,1H3;1H. The number of nitro benzene ring substituents is 1. The molecule has 1 aromatic rings. The van der Waals surface area contributed by atoms with Crippen LogP contribution in [-0.2, 0) is 6.42 Å². The number of benzene rings is 1. The van der Waals surface area contributed by atoms with Crippen molar-refractivity contribution in [1.29, 1.82) is 0 Å². The molecule has 0 atom stereocenters. The van der Waals surface area contributed by atoms with Crippen LogP contribution in [0.2, 0.25) is 0 Å². The van der Waals surface area contributed by atoms with Gasteiger partial charge in [0.25, 0.3) is 11.6 Å². The first-order chi connectivity index (χ1) is 11.6. The van der Waals surface area contributed by atoms with Crippen LogP contribution in [0.25, 0.3) is 0 Å². The lowest BCUT2D eigenvalue weighted by atomic mass is 10.0. The SMILES string of the molecule is CCc1ccc(C(=O)N2CCC(NCC3CC3)CC2)cc1[N+](=O)[O-].Cl. The molecule has 1 saturated carbocycles. The maximum Gasteiger partial charge on any atom is 0.273 e. The second-order valence-electron chi connectivity index (χ2n) is 6.87. The molecule has 1 aromatic carbocycles. The summed E-state index contributed by atoms with van der Waals surface area (Å²) >= 11 is 0. The molecule has 0 bridgehead atoms. The molecular formula is C18H26ClN3O3. The zero-order chi connectivity index (χ0) is 17.1. The molecule has 1 heterocycles. The molecule has 0 spiro atoms. The Morgan fingerprint density at radius 2 is 1.96 bits per heavy atom. The number of nitro groups is 1. The van der Waals surface area contributed by atoms with Gasteiger partial charge in [-0.15, -0.1) is 12.4 Å². The number of hydrogen-bond acceptors (Lipinski definition) is 4. The number of amides is 1. The average molecular weight is 368 g/mol. The predicted octanol–water partition coefficient (Wildman–Crippen LogP) is 3.18. The molecule has 1 N–H and O–H groups in total. The third-order valence-corrected chi connectivity index (χ3v) is 5.08. The zero-order valence-electron chi connectivity index (χ0n) is 14.6. The summed E-state index contributed by atoms with van der Waals surface area (Å²) in [4.78, 5) is 25.2. The number of likely N-dealkylation sites (tertiary alicyclic amines) is 1. The fraction of sp³-hybridized carbons (Fsp3) is 0.611. The molecule has 7 heteroatoms. The number of nitrogens with zero attached hydrogens (tertiary/aromatic N) is 2. The number of rotatable bonds is 6. The van der Waals surface area contributed by atoms with Crippen LogP contribution in [0.4, 0.5) is 5.69 Å². The highest BCUT2D eigenvalue weighted by Crippen LogP contribution is 2.28. The normalized spacial score (nSPS) is 17.9. The molecule has 0 unspecified atom stereocenters. The van der Waals surface area contributed by atoms with Crippen molar-refractivity contribution in [3.05, 3.63) is 39.4 Å². The van der Waals surface area contributed by atoms with Crippen molar-refractivity contribution in [2.75, 3.05) is 19.6 Å². The summed E-state index contributed by atoms with van der Waals surface area (Å²) in [6, 6.07) is 5.34. The smallest absolute Gasteiger partial charge is 0.273 e. The van der Waals surface area contributed by atoms with Gasteiger partial charge in [-0.1, -0.05) is 13.0 Å². The van der Waals surface area contributed by atoms with Crippen molar-refractivity contribution in [1.82, 2.24) is 10.2 Å². The van der Waals surface area contributed by atoms with Gasteiger partial charge in [0.05, 0.1) is 4.92 Å². The summed E-state index contributed by atoms with van der Waals surface area (Å²) < 4.78 is 0. The maximum absolute atomic E-state index is 12.6. The Bertz CT molecular complexity index is 626. The Balaban J connectivity index is 0.00000225. The molecule has 0 aromatic heterocycles. The highest BCUT2D eigenvalue weighted by molar-refractivity contribution is 5.95. The predicted molar refractivity (Wildman–Crippen MR) is 99.4 cm³/mol. The van der Waals surface area contributed by atoms with Crippen molar-refractivity contribution in [3.63, 3.8) is 0 Å². The van der Waals surface area contributed by atoms with Crippen LogP contribution in [0, 0.1) is 16.0 Å². The molecule has 6 nitrogen and oxygen atoms in total. The second kappa shape index (κ2) is 8.63. The highest BCUT2D eigenvalue weighted by atomic mass is 35.5. The van der Waals surface area contributed by atoms with Gasteiger partial charge >= 0.3 is 0 Å². The number of carbonyl (C=O) groups excluding carboxylic acids is 1. The van der Waals surface area contributed by atoms with E-state index in [-0.39, 0.29) is 24.0 Å². The summed E-state index contributed by atoms with van der Waals surface area (Å²) in [5, 5.41) is 14.8. The molecule has 3 rings (SSSR count). The van der Waals surface area contributed by atoms with E-state index in [9.17, 15) is 14.9 Å². The molecular weight excluding hydrogens is 342 g/mol. The van der Waals surface area contributed by atoms with E-state index in [0.29, 0.717) is 36.7 Å². The average Bonchev–Trinajstić information content (AvgIpc) is 3.43. The largest absolute Gasteiger partial charge is 0.339 e. The van der Waals surface area contributed by atoms with Crippen LogP contribution >= 0.6 is 12.4 Å². The van der Waals surface area contributed by atoms with E-state index in [1.54, 1.807) is 12.1 Å². The number of nitrogens with one attached hydrogen (secondary N) is 1. The molecule has 1 aliphatic carbocycles. The van der Waals surface area contributed by atoms with Gasteiger partial charge in [-0.25, -0.2) is 0 Å². The number of carbonyl (C=O) groups is 1. The van der Waals surface area contributed by atoms with Crippen molar-refractivity contribution < 1.29 is 9.72 Å². The Morgan fingerprint density at radius 1 is 1.28 bits per heavy atom. The molecule has 1 saturated heterocycles. The second-order valence-corrected chi connectivity index (χ2v) is 6.87. The minimum atomic E-state index is -0.399. The molecule has 1 amide bonds. The Hall–Kier alpha value is -1.66. The number of hydrogen-bond donors (Lipinski definition) is 1. The van der Waals surface area contributed by atoms with Crippen molar-refractivity contribution in [2.24, 2.45) is 5.92 Å². The van der Waals surface area contributed by atoms with Crippen molar-refractivity contribution in [3.8, 4) is 0 Å². The van der Waals surface area contributed by atoms with Crippen LogP contribution in [0.3, 0.4) is 0 Å². The van der Waals surface area contributed by atoms with E-state index in [4.69, 9.17) is 0 Å². The summed E-state index contributed by atoms with van der Waals surface area (Å²) in [7, 11) is 0. The summed E-state index contributed by atoms with van der Waals surface area (Å²) in [5.74, 6) is 0.767. The third kappa shape index (κ3) is 4.92. The van der Waals surface area contributed by atoms with Crippen molar-refractivity contribution in [2.45, 2.75) is 45.1 Å². The summed E-state index contributed by atoms with van der Waals surface area (Å²) in [6.45, 7) is 4.40. The van der Waals surface area contributed by atoms with E-state index < -0.39 is 4.92 Å². The first kappa shape index (κ1) is 19.7. The first-order valence-corrected chi connectivity index (χ1v) is 8.88. The topological polar surface area (TPSA) is 75.5 Å². The molecule has 2 aliphatic rings. The molecule has 2 fully saturated rings. The lowest BCUT2D eigenvalue weighted by Gasteiger charge is -2.32. The molecule has 138 valence electrons. The first-order valence-electron chi connectivity index (χ1n) is 8.88. The minimum Gasteiger partial charge on any atom is -0.339 e. The molecule has 0 radical (unpaired) electrons. The van der Waals surface area contributed by atoms with Gasteiger partial charge in [-0.3, -0.25) is 14.9 Å². The Kier molecular flexibility index (Phi) is 6.79. The number of aryl methyl sites for hydroxylation is 1. The van der Waals surface area contributed by atoms with Crippen LogP contribution < -0.4 is 5.32 Å². The van der Waals surface area contributed by atoms with Crippen molar-refractivity contribution >= 4 is 24.0 Å². The van der Waals surface area contributed by atoms with Crippen LogP contribution in [0.15, 0.2) is 18.2 Å². The fourth-order valence-corrected chi connectivity index (χ4v) is 3.29. The zero-order valence-corrected chi connectivity index (χ0v) is 15.4. The van der Waals surface area contributed by atoms with Gasteiger partial charge in [0.2, 0.25) is 0 Å². The van der Waals surface area contributed by atoms with Gasteiger partial charge in [0.15, 0.2) is 0 Å². The van der Waals surface area contributed by atoms with E-state index in [1.165, 1.54) is 18.9 Å². The third-order valence-electron chi connectivity index (χ3n) is 5.08. The fourth-order valence-electron chi connectivity index (χ4n) is 3.29. The van der Waals surface area contributed by atoms with Crippen LogP contribution in [0.1, 0.15) is 48.5 Å². The van der Waals surface area contributed by atoms with Gasteiger partial charge in [-0.05, 0) is 50.6 Å².